The van der Waals surface area contributed by atoms with Crippen molar-refractivity contribution in [1.29, 1.82) is 0 Å². The largest absolute Gasteiger partial charge is 0.397 e. The molecule has 0 saturated heterocycles. The Bertz CT molecular complexity index is 331. The molecular weight excluding hydrogens is 174 g/mol. The Morgan fingerprint density at radius 1 is 1.57 bits per heavy atom. The molecule has 0 unspecified atom stereocenters. The smallest absolute Gasteiger partial charge is 0.131 e. The van der Waals surface area contributed by atoms with Gasteiger partial charge in [-0.25, -0.2) is 4.98 Å². The van der Waals surface area contributed by atoms with E-state index in [4.69, 9.17) is 5.73 Å². The lowest BCUT2D eigenvalue weighted by molar-refractivity contribution is 0.804. The molecule has 2 N–H and O–H groups in total. The lowest BCUT2D eigenvalue weighted by Crippen LogP contribution is -2.26. The van der Waals surface area contributed by atoms with E-state index in [2.05, 4.69) is 23.7 Å². The molecule has 0 aliphatic heterocycles. The van der Waals surface area contributed by atoms with E-state index in [9.17, 15) is 0 Å². The van der Waals surface area contributed by atoms with Crippen molar-refractivity contribution < 1.29 is 0 Å². The van der Waals surface area contributed by atoms with Gasteiger partial charge in [0.25, 0.3) is 0 Å². The van der Waals surface area contributed by atoms with Gasteiger partial charge in [-0.2, -0.15) is 0 Å². The maximum atomic E-state index is 5.68. The zero-order valence-corrected chi connectivity index (χ0v) is 8.83. The SMILES string of the molecule is CCN(c1ncc(N)cc1C)C1CC1. The van der Waals surface area contributed by atoms with Gasteiger partial charge in [-0.15, -0.1) is 0 Å². The van der Waals surface area contributed by atoms with E-state index < -0.39 is 0 Å². The first kappa shape index (κ1) is 9.31. The summed E-state index contributed by atoms with van der Waals surface area (Å²) in [7, 11) is 0. The molecule has 3 heteroatoms. The van der Waals surface area contributed by atoms with Crippen LogP contribution in [0.3, 0.4) is 0 Å². The van der Waals surface area contributed by atoms with Crippen molar-refractivity contribution in [3.8, 4) is 0 Å². The highest BCUT2D eigenvalue weighted by Crippen LogP contribution is 2.32. The predicted octanol–water partition coefficient (Wildman–Crippen LogP) is 1.96. The Morgan fingerprint density at radius 3 is 2.79 bits per heavy atom. The average molecular weight is 191 g/mol. The van der Waals surface area contributed by atoms with Crippen molar-refractivity contribution in [3.63, 3.8) is 0 Å². The molecule has 76 valence electrons. The first-order valence-corrected chi connectivity index (χ1v) is 5.21. The summed E-state index contributed by atoms with van der Waals surface area (Å²) >= 11 is 0. The standard InChI is InChI=1S/C11H17N3/c1-3-14(10-4-5-10)11-8(2)6-9(12)7-13-11/h6-7,10H,3-5,12H2,1-2H3. The molecule has 3 nitrogen and oxygen atoms in total. The zero-order valence-electron chi connectivity index (χ0n) is 8.83. The summed E-state index contributed by atoms with van der Waals surface area (Å²) in [5.41, 5.74) is 7.61. The number of anilines is 2. The van der Waals surface area contributed by atoms with Gasteiger partial charge in [0.1, 0.15) is 5.82 Å². The molecule has 1 saturated carbocycles. The number of aryl methyl sites for hydroxylation is 1. The van der Waals surface area contributed by atoms with Crippen LogP contribution in [0.25, 0.3) is 0 Å². The summed E-state index contributed by atoms with van der Waals surface area (Å²) < 4.78 is 0. The van der Waals surface area contributed by atoms with Gasteiger partial charge in [0.15, 0.2) is 0 Å². The minimum atomic E-state index is 0.717. The van der Waals surface area contributed by atoms with Crippen LogP contribution in [-0.2, 0) is 0 Å². The average Bonchev–Trinajstić information content (AvgIpc) is 2.93. The van der Waals surface area contributed by atoms with Crippen molar-refractivity contribution in [2.45, 2.75) is 32.7 Å². The van der Waals surface area contributed by atoms with E-state index in [1.807, 2.05) is 6.07 Å². The van der Waals surface area contributed by atoms with Crippen molar-refractivity contribution in [2.75, 3.05) is 17.2 Å². The van der Waals surface area contributed by atoms with Crippen LogP contribution in [0.2, 0.25) is 0 Å². The number of aromatic nitrogens is 1. The highest BCUT2D eigenvalue weighted by Gasteiger charge is 2.29. The number of hydrogen-bond acceptors (Lipinski definition) is 3. The minimum absolute atomic E-state index is 0.717. The van der Waals surface area contributed by atoms with Crippen molar-refractivity contribution in [3.05, 3.63) is 17.8 Å². The Balaban J connectivity index is 2.29. The molecule has 1 heterocycles. The molecule has 0 amide bonds. The maximum absolute atomic E-state index is 5.68. The molecule has 1 aromatic heterocycles. The van der Waals surface area contributed by atoms with E-state index >= 15 is 0 Å². The van der Waals surface area contributed by atoms with Gasteiger partial charge in [0.2, 0.25) is 0 Å². The second kappa shape index (κ2) is 3.48. The second-order valence-electron chi connectivity index (χ2n) is 3.93. The number of nitrogen functional groups attached to an aromatic ring is 1. The molecule has 1 fully saturated rings. The van der Waals surface area contributed by atoms with Gasteiger partial charge in [-0.1, -0.05) is 0 Å². The van der Waals surface area contributed by atoms with Crippen LogP contribution in [0.1, 0.15) is 25.3 Å². The molecule has 1 aliphatic carbocycles. The summed E-state index contributed by atoms with van der Waals surface area (Å²) in [6.07, 6.45) is 4.35. The van der Waals surface area contributed by atoms with Crippen LogP contribution in [0.15, 0.2) is 12.3 Å². The normalized spacial score (nSPS) is 15.6. The Morgan fingerprint density at radius 2 is 2.29 bits per heavy atom. The number of nitrogens with two attached hydrogens (primary N) is 1. The lowest BCUT2D eigenvalue weighted by atomic mass is 10.2. The summed E-state index contributed by atoms with van der Waals surface area (Å²) in [5.74, 6) is 1.10. The first-order chi connectivity index (χ1) is 6.72. The highest BCUT2D eigenvalue weighted by atomic mass is 15.2. The summed E-state index contributed by atoms with van der Waals surface area (Å²) in [5, 5.41) is 0. The van der Waals surface area contributed by atoms with Crippen molar-refractivity contribution in [1.82, 2.24) is 4.98 Å². The highest BCUT2D eigenvalue weighted by molar-refractivity contribution is 5.53. The van der Waals surface area contributed by atoms with Crippen LogP contribution < -0.4 is 10.6 Å². The predicted molar refractivity (Wildman–Crippen MR) is 59.4 cm³/mol. The molecule has 0 radical (unpaired) electrons. The molecule has 0 aromatic carbocycles. The van der Waals surface area contributed by atoms with Gasteiger partial charge in [-0.05, 0) is 38.3 Å². The second-order valence-corrected chi connectivity index (χ2v) is 3.93. The van der Waals surface area contributed by atoms with Crippen molar-refractivity contribution >= 4 is 11.5 Å². The fourth-order valence-corrected chi connectivity index (χ4v) is 1.86. The molecule has 14 heavy (non-hydrogen) atoms. The Labute approximate surface area is 84.9 Å². The fourth-order valence-electron chi connectivity index (χ4n) is 1.86. The van der Waals surface area contributed by atoms with Crippen LogP contribution in [0.5, 0.6) is 0 Å². The summed E-state index contributed by atoms with van der Waals surface area (Å²) in [4.78, 5) is 6.78. The summed E-state index contributed by atoms with van der Waals surface area (Å²) in [6.45, 7) is 5.28. The molecule has 1 aliphatic rings. The molecule has 1 aromatic rings. The van der Waals surface area contributed by atoms with Gasteiger partial charge in [0, 0.05) is 12.6 Å². The van der Waals surface area contributed by atoms with Gasteiger partial charge in [0.05, 0.1) is 11.9 Å². The van der Waals surface area contributed by atoms with Gasteiger partial charge >= 0.3 is 0 Å². The number of hydrogen-bond donors (Lipinski definition) is 1. The fraction of sp³-hybridized carbons (Fsp3) is 0.545. The first-order valence-electron chi connectivity index (χ1n) is 5.21. The monoisotopic (exact) mass is 191 g/mol. The number of pyridine rings is 1. The Kier molecular flexibility index (Phi) is 2.32. The third-order valence-electron chi connectivity index (χ3n) is 2.67. The number of rotatable bonds is 3. The maximum Gasteiger partial charge on any atom is 0.131 e. The van der Waals surface area contributed by atoms with Crippen LogP contribution in [0, 0.1) is 6.92 Å². The number of nitrogens with zero attached hydrogens (tertiary/aromatic N) is 2. The summed E-state index contributed by atoms with van der Waals surface area (Å²) in [6, 6.07) is 2.71. The molecule has 0 spiro atoms. The molecule has 2 rings (SSSR count). The molecule has 0 bridgehead atoms. The van der Waals surface area contributed by atoms with Crippen molar-refractivity contribution in [2.24, 2.45) is 0 Å². The Hall–Kier alpha value is -1.25. The topological polar surface area (TPSA) is 42.2 Å². The minimum Gasteiger partial charge on any atom is -0.397 e. The van der Waals surface area contributed by atoms with E-state index in [1.165, 1.54) is 18.4 Å². The van der Waals surface area contributed by atoms with E-state index in [1.54, 1.807) is 6.20 Å². The van der Waals surface area contributed by atoms with Crippen LogP contribution in [0.4, 0.5) is 11.5 Å². The van der Waals surface area contributed by atoms with Crippen LogP contribution in [-0.4, -0.2) is 17.6 Å². The third-order valence-corrected chi connectivity index (χ3v) is 2.67. The molecular formula is C11H17N3. The van der Waals surface area contributed by atoms with E-state index in [-0.39, 0.29) is 0 Å². The third kappa shape index (κ3) is 1.67. The van der Waals surface area contributed by atoms with Gasteiger partial charge < -0.3 is 10.6 Å². The van der Waals surface area contributed by atoms with Gasteiger partial charge in [-0.3, -0.25) is 0 Å². The zero-order chi connectivity index (χ0) is 10.1. The quantitative estimate of drug-likeness (QED) is 0.794. The van der Waals surface area contributed by atoms with E-state index in [0.717, 1.165) is 24.1 Å². The molecule has 0 atom stereocenters. The van der Waals surface area contributed by atoms with E-state index in [0.29, 0.717) is 0 Å². The lowest BCUT2D eigenvalue weighted by Gasteiger charge is -2.23. The van der Waals surface area contributed by atoms with Crippen LogP contribution >= 0.6 is 0 Å².